The molecule has 1 rings (SSSR count). The van der Waals surface area contributed by atoms with Crippen molar-refractivity contribution in [3.8, 4) is 0 Å². The third-order valence-electron chi connectivity index (χ3n) is 2.71. The summed E-state index contributed by atoms with van der Waals surface area (Å²) in [6.07, 6.45) is -9.30. The molecule has 1 aliphatic rings. The fourth-order valence-corrected chi connectivity index (χ4v) is 1.88. The number of hydrogen-bond donors (Lipinski definition) is 0. The van der Waals surface area contributed by atoms with Crippen molar-refractivity contribution in [3.05, 3.63) is 11.8 Å². The maximum absolute atomic E-state index is 13.0. The van der Waals surface area contributed by atoms with Crippen molar-refractivity contribution >= 4 is 17.9 Å². The van der Waals surface area contributed by atoms with E-state index in [2.05, 4.69) is 9.47 Å². The highest BCUT2D eigenvalue weighted by atomic mass is 19.4. The second-order valence-corrected chi connectivity index (χ2v) is 4.65. The molecule has 1 aliphatic heterocycles. The van der Waals surface area contributed by atoms with Crippen LogP contribution in [0.4, 0.5) is 13.2 Å². The molecule has 0 spiro atoms. The molecule has 0 radical (unpaired) electrons. The Hall–Kier alpha value is -2.26. The van der Waals surface area contributed by atoms with E-state index < -0.39 is 54.6 Å². The van der Waals surface area contributed by atoms with Gasteiger partial charge in [-0.25, -0.2) is 0 Å². The molecule has 7 nitrogen and oxygen atoms in total. The van der Waals surface area contributed by atoms with Crippen LogP contribution in [0, 0.1) is 0 Å². The second-order valence-electron chi connectivity index (χ2n) is 4.65. The minimum atomic E-state index is -4.87. The zero-order chi connectivity index (χ0) is 17.8. The molecule has 0 aliphatic carbocycles. The van der Waals surface area contributed by atoms with E-state index in [1.807, 2.05) is 0 Å². The average Bonchev–Trinajstić information content (AvgIpc) is 2.36. The molecule has 0 aromatic carbocycles. The summed E-state index contributed by atoms with van der Waals surface area (Å²) < 4.78 is 58.1. The van der Waals surface area contributed by atoms with Crippen LogP contribution in [0.1, 0.15) is 20.8 Å². The Morgan fingerprint density at radius 2 is 1.65 bits per heavy atom. The molecule has 0 aromatic rings. The first-order valence-corrected chi connectivity index (χ1v) is 6.43. The van der Waals surface area contributed by atoms with Gasteiger partial charge < -0.3 is 18.9 Å². The summed E-state index contributed by atoms with van der Waals surface area (Å²) in [4.78, 5) is 33.1. The van der Waals surface area contributed by atoms with Gasteiger partial charge in [-0.15, -0.1) is 0 Å². The Morgan fingerprint density at radius 3 is 2.09 bits per heavy atom. The van der Waals surface area contributed by atoms with Crippen LogP contribution in [0.25, 0.3) is 0 Å². The molecular formula is C13H15F3O7. The highest BCUT2D eigenvalue weighted by molar-refractivity contribution is 5.68. The largest absolute Gasteiger partial charge is 0.490 e. The van der Waals surface area contributed by atoms with Gasteiger partial charge in [-0.3, -0.25) is 14.4 Å². The molecule has 0 saturated heterocycles. The Morgan fingerprint density at radius 1 is 1.09 bits per heavy atom. The predicted molar refractivity (Wildman–Crippen MR) is 66.8 cm³/mol. The lowest BCUT2D eigenvalue weighted by molar-refractivity contribution is -0.192. The molecule has 0 unspecified atom stereocenters. The van der Waals surface area contributed by atoms with Crippen LogP contribution in [0.2, 0.25) is 0 Å². The number of esters is 3. The monoisotopic (exact) mass is 340 g/mol. The third kappa shape index (κ3) is 5.46. The Kier molecular flexibility index (Phi) is 5.99. The van der Waals surface area contributed by atoms with Gasteiger partial charge in [0.1, 0.15) is 12.2 Å². The van der Waals surface area contributed by atoms with Crippen LogP contribution in [0.5, 0.6) is 0 Å². The molecule has 0 saturated carbocycles. The van der Waals surface area contributed by atoms with Crippen LogP contribution in [-0.2, 0) is 33.3 Å². The van der Waals surface area contributed by atoms with E-state index in [0.717, 1.165) is 20.8 Å². The van der Waals surface area contributed by atoms with Crippen LogP contribution >= 0.6 is 0 Å². The van der Waals surface area contributed by atoms with Crippen molar-refractivity contribution in [1.29, 1.82) is 0 Å². The summed E-state index contributed by atoms with van der Waals surface area (Å²) >= 11 is 0. The molecule has 1 heterocycles. The number of carbonyl (C=O) groups is 3. The van der Waals surface area contributed by atoms with Gasteiger partial charge in [0.25, 0.3) is 0 Å². The number of rotatable bonds is 4. The Labute approximate surface area is 129 Å². The van der Waals surface area contributed by atoms with E-state index in [1.54, 1.807) is 0 Å². The summed E-state index contributed by atoms with van der Waals surface area (Å²) in [6.45, 7) is 2.49. The lowest BCUT2D eigenvalue weighted by atomic mass is 9.98. The molecular weight excluding hydrogens is 325 g/mol. The fraction of sp³-hybridized carbons (Fsp3) is 0.615. The zero-order valence-corrected chi connectivity index (χ0v) is 12.5. The molecule has 130 valence electrons. The van der Waals surface area contributed by atoms with E-state index in [1.165, 1.54) is 0 Å². The van der Waals surface area contributed by atoms with Gasteiger partial charge in [-0.2, -0.15) is 13.2 Å². The van der Waals surface area contributed by atoms with Crippen molar-refractivity contribution in [2.45, 2.75) is 45.3 Å². The number of hydrogen-bond acceptors (Lipinski definition) is 7. The van der Waals surface area contributed by atoms with Crippen LogP contribution in [0.15, 0.2) is 11.8 Å². The lowest BCUT2D eigenvalue weighted by Gasteiger charge is -2.36. The third-order valence-corrected chi connectivity index (χ3v) is 2.71. The van der Waals surface area contributed by atoms with Gasteiger partial charge in [0.05, 0.1) is 6.26 Å². The van der Waals surface area contributed by atoms with Gasteiger partial charge >= 0.3 is 24.1 Å². The number of halogens is 3. The van der Waals surface area contributed by atoms with Crippen molar-refractivity contribution in [3.63, 3.8) is 0 Å². The smallest absolute Gasteiger partial charge is 0.419 e. The first-order chi connectivity index (χ1) is 10.5. The van der Waals surface area contributed by atoms with E-state index >= 15 is 0 Å². The normalized spacial score (nSPS) is 24.1. The van der Waals surface area contributed by atoms with Crippen molar-refractivity contribution in [2.75, 3.05) is 6.61 Å². The van der Waals surface area contributed by atoms with Crippen molar-refractivity contribution < 1.29 is 46.5 Å². The first-order valence-electron chi connectivity index (χ1n) is 6.43. The number of ether oxygens (including phenoxy) is 4. The standard InChI is InChI=1S/C13H15F3O7/c1-6(17)20-5-10-12(23-8(3)19)11(22-7(2)18)9(4-21-10)13(14,15)16/h4,10-12H,5H2,1-3H3/t10-,11-,12+/m1/s1. The van der Waals surface area contributed by atoms with Crippen LogP contribution < -0.4 is 0 Å². The van der Waals surface area contributed by atoms with Crippen molar-refractivity contribution in [1.82, 2.24) is 0 Å². The summed E-state index contributed by atoms with van der Waals surface area (Å²) in [6, 6.07) is 0. The summed E-state index contributed by atoms with van der Waals surface area (Å²) in [5.41, 5.74) is -1.32. The predicted octanol–water partition coefficient (Wildman–Crippen LogP) is 1.26. The summed E-state index contributed by atoms with van der Waals surface area (Å²) in [5.74, 6) is -2.62. The minimum Gasteiger partial charge on any atom is -0.490 e. The van der Waals surface area contributed by atoms with E-state index in [-0.39, 0.29) is 0 Å². The zero-order valence-electron chi connectivity index (χ0n) is 12.5. The minimum absolute atomic E-state index is 0.363. The molecule has 3 atom stereocenters. The fourth-order valence-electron chi connectivity index (χ4n) is 1.88. The highest BCUT2D eigenvalue weighted by Gasteiger charge is 2.51. The van der Waals surface area contributed by atoms with Crippen molar-refractivity contribution in [2.24, 2.45) is 0 Å². The second kappa shape index (κ2) is 7.34. The molecule has 10 heteroatoms. The van der Waals surface area contributed by atoms with Crippen LogP contribution in [0.3, 0.4) is 0 Å². The molecule has 0 bridgehead atoms. The summed E-state index contributed by atoms with van der Waals surface area (Å²) in [5, 5.41) is 0. The maximum Gasteiger partial charge on any atom is 0.419 e. The molecule has 0 amide bonds. The van der Waals surface area contributed by atoms with Crippen LogP contribution in [-0.4, -0.2) is 49.0 Å². The number of carbonyl (C=O) groups excluding carboxylic acids is 3. The number of alkyl halides is 3. The quantitative estimate of drug-likeness (QED) is 0.562. The molecule has 0 N–H and O–H groups in total. The van der Waals surface area contributed by atoms with E-state index in [4.69, 9.17) is 9.47 Å². The summed E-state index contributed by atoms with van der Waals surface area (Å²) in [7, 11) is 0. The topological polar surface area (TPSA) is 88.1 Å². The van der Waals surface area contributed by atoms with Gasteiger partial charge in [0.2, 0.25) is 0 Å². The van der Waals surface area contributed by atoms with Gasteiger partial charge in [0.15, 0.2) is 18.3 Å². The van der Waals surface area contributed by atoms with E-state index in [0.29, 0.717) is 6.26 Å². The van der Waals surface area contributed by atoms with Gasteiger partial charge in [-0.1, -0.05) is 0 Å². The van der Waals surface area contributed by atoms with E-state index in [9.17, 15) is 27.6 Å². The van der Waals surface area contributed by atoms with Gasteiger partial charge in [-0.05, 0) is 0 Å². The Balaban J connectivity index is 3.15. The first kappa shape index (κ1) is 18.8. The Bertz CT molecular complexity index is 512. The average molecular weight is 340 g/mol. The molecule has 0 aromatic heterocycles. The SMILES string of the molecule is CC(=O)OC[C@H]1OC=C(C(F)(F)F)[C@@H](OC(C)=O)[C@H]1OC(C)=O. The van der Waals surface area contributed by atoms with Gasteiger partial charge in [0, 0.05) is 20.8 Å². The maximum atomic E-state index is 13.0. The molecule has 0 fully saturated rings. The lowest BCUT2D eigenvalue weighted by Crippen LogP contribution is -2.51. The molecule has 23 heavy (non-hydrogen) atoms. The highest BCUT2D eigenvalue weighted by Crippen LogP contribution is 2.36.